The fourth-order valence-corrected chi connectivity index (χ4v) is 1.87. The van der Waals surface area contributed by atoms with Gasteiger partial charge in [-0.2, -0.15) is 0 Å². The number of benzene rings is 1. The maximum atomic E-state index is 5.76. The number of anilines is 1. The molecular weight excluding hydrogens is 238 g/mol. The van der Waals surface area contributed by atoms with Crippen LogP contribution in [0.2, 0.25) is 0 Å². The minimum Gasteiger partial charge on any atom is -0.496 e. The van der Waals surface area contributed by atoms with Crippen molar-refractivity contribution in [1.29, 1.82) is 0 Å². The Bertz CT molecular complexity index is 594. The van der Waals surface area contributed by atoms with Crippen molar-refractivity contribution in [3.8, 4) is 17.1 Å². The van der Waals surface area contributed by atoms with Crippen molar-refractivity contribution in [2.75, 3.05) is 12.8 Å². The Morgan fingerprint density at radius 1 is 1.26 bits per heavy atom. The van der Waals surface area contributed by atoms with Gasteiger partial charge in [-0.05, 0) is 30.5 Å². The Hall–Kier alpha value is -2.10. The van der Waals surface area contributed by atoms with E-state index in [1.54, 1.807) is 13.3 Å². The molecular formula is C15H19N3O. The van der Waals surface area contributed by atoms with Gasteiger partial charge in [-0.15, -0.1) is 0 Å². The van der Waals surface area contributed by atoms with Crippen molar-refractivity contribution in [2.24, 2.45) is 0 Å². The van der Waals surface area contributed by atoms with E-state index < -0.39 is 0 Å². The lowest BCUT2D eigenvalue weighted by Gasteiger charge is -2.12. The molecule has 4 nitrogen and oxygen atoms in total. The van der Waals surface area contributed by atoms with E-state index >= 15 is 0 Å². The number of hydrogen-bond donors (Lipinski definition) is 1. The minimum atomic E-state index is 0.444. The third kappa shape index (κ3) is 2.67. The molecule has 0 saturated carbocycles. The second kappa shape index (κ2) is 5.26. The molecule has 0 unspecified atom stereocenters. The fourth-order valence-electron chi connectivity index (χ4n) is 1.87. The van der Waals surface area contributed by atoms with Crippen LogP contribution in [0.15, 0.2) is 24.4 Å². The first kappa shape index (κ1) is 13.3. The third-order valence-electron chi connectivity index (χ3n) is 3.15. The Labute approximate surface area is 113 Å². The van der Waals surface area contributed by atoms with Crippen molar-refractivity contribution >= 4 is 5.69 Å². The van der Waals surface area contributed by atoms with Crippen molar-refractivity contribution < 1.29 is 4.74 Å². The van der Waals surface area contributed by atoms with Gasteiger partial charge in [-0.1, -0.05) is 19.9 Å². The van der Waals surface area contributed by atoms with Crippen LogP contribution in [-0.4, -0.2) is 17.1 Å². The molecule has 0 fully saturated rings. The maximum Gasteiger partial charge on any atom is 0.163 e. The number of aryl methyl sites for hydroxylation is 1. The molecule has 0 aliphatic heterocycles. The van der Waals surface area contributed by atoms with E-state index in [-0.39, 0.29) is 0 Å². The second-order valence-corrected chi connectivity index (χ2v) is 4.85. The molecule has 2 N–H and O–H groups in total. The molecule has 0 saturated heterocycles. The first-order valence-corrected chi connectivity index (χ1v) is 6.30. The normalized spacial score (nSPS) is 10.8. The van der Waals surface area contributed by atoms with Crippen LogP contribution in [0.25, 0.3) is 11.4 Å². The maximum absolute atomic E-state index is 5.76. The average molecular weight is 257 g/mol. The number of ether oxygens (including phenoxy) is 1. The highest BCUT2D eigenvalue weighted by molar-refractivity contribution is 5.66. The van der Waals surface area contributed by atoms with Crippen LogP contribution in [-0.2, 0) is 0 Å². The van der Waals surface area contributed by atoms with E-state index in [1.807, 2.05) is 13.0 Å². The quantitative estimate of drug-likeness (QED) is 0.917. The summed E-state index contributed by atoms with van der Waals surface area (Å²) < 4.78 is 5.39. The zero-order valence-corrected chi connectivity index (χ0v) is 11.8. The van der Waals surface area contributed by atoms with Gasteiger partial charge >= 0.3 is 0 Å². The lowest BCUT2D eigenvalue weighted by atomic mass is 10.00. The van der Waals surface area contributed by atoms with Crippen molar-refractivity contribution in [3.63, 3.8) is 0 Å². The topological polar surface area (TPSA) is 61.0 Å². The Balaban J connectivity index is 2.58. The number of methoxy groups -OCH3 is 1. The van der Waals surface area contributed by atoms with Crippen LogP contribution in [0.3, 0.4) is 0 Å². The van der Waals surface area contributed by atoms with Gasteiger partial charge in [0.2, 0.25) is 0 Å². The fraction of sp³-hybridized carbons (Fsp3) is 0.333. The number of aromatic nitrogens is 2. The van der Waals surface area contributed by atoms with Crippen molar-refractivity contribution in [3.05, 3.63) is 35.7 Å². The van der Waals surface area contributed by atoms with E-state index in [2.05, 4.69) is 35.9 Å². The van der Waals surface area contributed by atoms with Gasteiger partial charge in [0, 0.05) is 0 Å². The third-order valence-corrected chi connectivity index (χ3v) is 3.15. The highest BCUT2D eigenvalue weighted by atomic mass is 16.5. The van der Waals surface area contributed by atoms with Gasteiger partial charge in [0.15, 0.2) is 5.82 Å². The molecule has 1 heterocycles. The number of rotatable bonds is 3. The predicted octanol–water partition coefficient (Wildman–Crippen LogP) is 3.17. The molecule has 0 amide bonds. The van der Waals surface area contributed by atoms with Crippen LogP contribution < -0.4 is 10.5 Å². The predicted molar refractivity (Wildman–Crippen MR) is 77.3 cm³/mol. The van der Waals surface area contributed by atoms with Crippen LogP contribution in [0.1, 0.15) is 31.0 Å². The van der Waals surface area contributed by atoms with E-state index in [4.69, 9.17) is 10.5 Å². The lowest BCUT2D eigenvalue weighted by molar-refractivity contribution is 0.416. The molecule has 2 rings (SSSR count). The average Bonchev–Trinajstić information content (AvgIpc) is 2.41. The minimum absolute atomic E-state index is 0.444. The van der Waals surface area contributed by atoms with Gasteiger partial charge in [-0.3, -0.25) is 0 Å². The Kier molecular flexibility index (Phi) is 3.69. The molecule has 0 atom stereocenters. The molecule has 2 aromatic rings. The summed E-state index contributed by atoms with van der Waals surface area (Å²) in [5.74, 6) is 1.86. The van der Waals surface area contributed by atoms with Gasteiger partial charge in [-0.25, -0.2) is 9.97 Å². The van der Waals surface area contributed by atoms with Gasteiger partial charge in [0.05, 0.1) is 30.3 Å². The molecule has 0 bridgehead atoms. The van der Waals surface area contributed by atoms with Crippen LogP contribution in [0, 0.1) is 6.92 Å². The van der Waals surface area contributed by atoms with Gasteiger partial charge < -0.3 is 10.5 Å². The summed E-state index contributed by atoms with van der Waals surface area (Å²) in [5.41, 5.74) is 9.27. The van der Waals surface area contributed by atoms with E-state index in [1.165, 1.54) is 5.56 Å². The second-order valence-electron chi connectivity index (χ2n) is 4.85. The molecule has 0 spiro atoms. The molecule has 4 heteroatoms. The Morgan fingerprint density at radius 2 is 2.00 bits per heavy atom. The van der Waals surface area contributed by atoms with Gasteiger partial charge in [0.1, 0.15) is 5.75 Å². The summed E-state index contributed by atoms with van der Waals surface area (Å²) in [6, 6.07) is 6.10. The Morgan fingerprint density at radius 3 is 2.58 bits per heavy atom. The number of hydrogen-bond acceptors (Lipinski definition) is 4. The van der Waals surface area contributed by atoms with E-state index in [9.17, 15) is 0 Å². The zero-order chi connectivity index (χ0) is 14.0. The zero-order valence-electron chi connectivity index (χ0n) is 11.8. The lowest BCUT2D eigenvalue weighted by Crippen LogP contribution is -2.00. The number of nitrogen functional groups attached to an aromatic ring is 1. The molecule has 1 aromatic heterocycles. The molecule has 0 aliphatic carbocycles. The standard InChI is InChI=1S/C15H19N3O/c1-9(2)11-5-6-14(19-4)12(7-11)15-17-8-13(16)10(3)18-15/h5-9H,16H2,1-4H3. The molecule has 0 aliphatic rings. The highest BCUT2D eigenvalue weighted by Crippen LogP contribution is 2.31. The monoisotopic (exact) mass is 257 g/mol. The summed E-state index contributed by atoms with van der Waals surface area (Å²) in [7, 11) is 1.65. The van der Waals surface area contributed by atoms with Crippen LogP contribution in [0.4, 0.5) is 5.69 Å². The van der Waals surface area contributed by atoms with Crippen LogP contribution >= 0.6 is 0 Å². The molecule has 19 heavy (non-hydrogen) atoms. The summed E-state index contributed by atoms with van der Waals surface area (Å²) in [6.45, 7) is 6.18. The summed E-state index contributed by atoms with van der Waals surface area (Å²) in [5, 5.41) is 0. The first-order chi connectivity index (χ1) is 9.02. The molecule has 0 radical (unpaired) electrons. The SMILES string of the molecule is COc1ccc(C(C)C)cc1-c1ncc(N)c(C)n1. The number of nitrogens with zero attached hydrogens (tertiary/aromatic N) is 2. The smallest absolute Gasteiger partial charge is 0.163 e. The summed E-state index contributed by atoms with van der Waals surface area (Å²) in [6.07, 6.45) is 1.64. The first-order valence-electron chi connectivity index (χ1n) is 6.30. The van der Waals surface area contributed by atoms with E-state index in [0.717, 1.165) is 17.0 Å². The summed E-state index contributed by atoms with van der Waals surface area (Å²) in [4.78, 5) is 8.74. The van der Waals surface area contributed by atoms with Crippen molar-refractivity contribution in [1.82, 2.24) is 9.97 Å². The van der Waals surface area contributed by atoms with E-state index in [0.29, 0.717) is 17.4 Å². The molecule has 100 valence electrons. The molecule has 1 aromatic carbocycles. The van der Waals surface area contributed by atoms with Crippen molar-refractivity contribution in [2.45, 2.75) is 26.7 Å². The van der Waals surface area contributed by atoms with Gasteiger partial charge in [0.25, 0.3) is 0 Å². The van der Waals surface area contributed by atoms with Crippen LogP contribution in [0.5, 0.6) is 5.75 Å². The number of nitrogens with two attached hydrogens (primary N) is 1. The summed E-state index contributed by atoms with van der Waals surface area (Å²) >= 11 is 0. The largest absolute Gasteiger partial charge is 0.496 e. The highest BCUT2D eigenvalue weighted by Gasteiger charge is 2.12.